The highest BCUT2D eigenvalue weighted by Gasteiger charge is 2.20. The molecule has 2 unspecified atom stereocenters. The van der Waals surface area contributed by atoms with Crippen LogP contribution in [0.2, 0.25) is 0 Å². The van der Waals surface area contributed by atoms with E-state index in [0.29, 0.717) is 18.5 Å². The molecule has 0 aliphatic rings. The van der Waals surface area contributed by atoms with Crippen molar-refractivity contribution in [2.45, 2.75) is 33.2 Å². The SMILES string of the molecule is CCOC(=O)CC(C)CNC(=O)C(C)NC(=O)c1n[nH]c2ccccc12. The highest BCUT2D eigenvalue weighted by molar-refractivity contribution is 6.05. The van der Waals surface area contributed by atoms with Crippen LogP contribution in [0.5, 0.6) is 0 Å². The van der Waals surface area contributed by atoms with E-state index in [4.69, 9.17) is 4.74 Å². The summed E-state index contributed by atoms with van der Waals surface area (Å²) in [5.41, 5.74) is 0.999. The molecule has 26 heavy (non-hydrogen) atoms. The summed E-state index contributed by atoms with van der Waals surface area (Å²) in [4.78, 5) is 35.9. The highest BCUT2D eigenvalue weighted by atomic mass is 16.5. The monoisotopic (exact) mass is 360 g/mol. The Kier molecular flexibility index (Phi) is 6.71. The lowest BCUT2D eigenvalue weighted by molar-refractivity contribution is -0.144. The Morgan fingerprint density at radius 3 is 2.69 bits per heavy atom. The van der Waals surface area contributed by atoms with E-state index in [2.05, 4.69) is 20.8 Å². The van der Waals surface area contributed by atoms with Gasteiger partial charge in [0.25, 0.3) is 5.91 Å². The lowest BCUT2D eigenvalue weighted by Crippen LogP contribution is -2.46. The van der Waals surface area contributed by atoms with Crippen molar-refractivity contribution in [3.05, 3.63) is 30.0 Å². The second-order valence-electron chi connectivity index (χ2n) is 6.17. The summed E-state index contributed by atoms with van der Waals surface area (Å²) < 4.78 is 4.88. The zero-order valence-electron chi connectivity index (χ0n) is 15.2. The zero-order valence-corrected chi connectivity index (χ0v) is 15.2. The highest BCUT2D eigenvalue weighted by Crippen LogP contribution is 2.14. The van der Waals surface area contributed by atoms with Gasteiger partial charge in [0.1, 0.15) is 6.04 Å². The summed E-state index contributed by atoms with van der Waals surface area (Å²) in [6, 6.07) is 6.54. The minimum absolute atomic E-state index is 0.0591. The zero-order chi connectivity index (χ0) is 19.1. The smallest absolute Gasteiger partial charge is 0.306 e. The predicted octanol–water partition coefficient (Wildman–Crippen LogP) is 1.39. The van der Waals surface area contributed by atoms with Crippen LogP contribution in [0.15, 0.2) is 24.3 Å². The van der Waals surface area contributed by atoms with E-state index >= 15 is 0 Å². The lowest BCUT2D eigenvalue weighted by Gasteiger charge is -2.16. The van der Waals surface area contributed by atoms with Gasteiger partial charge in [-0.05, 0) is 25.8 Å². The van der Waals surface area contributed by atoms with Gasteiger partial charge in [0.05, 0.1) is 12.1 Å². The molecule has 0 aliphatic carbocycles. The van der Waals surface area contributed by atoms with Crippen LogP contribution in [0, 0.1) is 5.92 Å². The van der Waals surface area contributed by atoms with Crippen molar-refractivity contribution in [2.75, 3.05) is 13.2 Å². The van der Waals surface area contributed by atoms with Crippen LogP contribution in [0.1, 0.15) is 37.7 Å². The standard InChI is InChI=1S/C18H24N4O4/c1-4-26-15(23)9-11(2)10-19-17(24)12(3)20-18(25)16-13-7-5-6-8-14(13)21-22-16/h5-8,11-12H,4,9-10H2,1-3H3,(H,19,24)(H,20,25)(H,21,22). The number of aromatic nitrogens is 2. The van der Waals surface area contributed by atoms with Crippen molar-refractivity contribution in [1.82, 2.24) is 20.8 Å². The molecule has 0 saturated carbocycles. The van der Waals surface area contributed by atoms with Crippen LogP contribution in [-0.4, -0.2) is 47.2 Å². The van der Waals surface area contributed by atoms with Gasteiger partial charge in [-0.3, -0.25) is 19.5 Å². The van der Waals surface area contributed by atoms with E-state index in [-0.39, 0.29) is 29.9 Å². The summed E-state index contributed by atoms with van der Waals surface area (Å²) in [5, 5.41) is 12.9. The Labute approximate surface area is 151 Å². The molecule has 8 nitrogen and oxygen atoms in total. The summed E-state index contributed by atoms with van der Waals surface area (Å²) in [6.45, 7) is 5.84. The van der Waals surface area contributed by atoms with Crippen LogP contribution in [-0.2, 0) is 14.3 Å². The van der Waals surface area contributed by atoms with E-state index in [1.54, 1.807) is 19.9 Å². The third kappa shape index (κ3) is 5.05. The van der Waals surface area contributed by atoms with Crippen molar-refractivity contribution < 1.29 is 19.1 Å². The maximum absolute atomic E-state index is 12.4. The molecule has 0 bridgehead atoms. The molecule has 8 heteroatoms. The number of carbonyl (C=O) groups excluding carboxylic acids is 3. The molecule has 2 amide bonds. The van der Waals surface area contributed by atoms with Gasteiger partial charge in [-0.2, -0.15) is 5.10 Å². The van der Waals surface area contributed by atoms with Crippen LogP contribution < -0.4 is 10.6 Å². The molecule has 140 valence electrons. The molecule has 2 atom stereocenters. The van der Waals surface area contributed by atoms with Gasteiger partial charge >= 0.3 is 5.97 Å². The summed E-state index contributed by atoms with van der Waals surface area (Å²) >= 11 is 0. The van der Waals surface area contributed by atoms with Crippen LogP contribution in [0.4, 0.5) is 0 Å². The van der Waals surface area contributed by atoms with Gasteiger partial charge in [-0.1, -0.05) is 25.1 Å². The minimum Gasteiger partial charge on any atom is -0.466 e. The Balaban J connectivity index is 1.84. The average molecular weight is 360 g/mol. The quantitative estimate of drug-likeness (QED) is 0.616. The number of aromatic amines is 1. The Morgan fingerprint density at radius 2 is 1.96 bits per heavy atom. The second kappa shape index (κ2) is 8.98. The van der Waals surface area contributed by atoms with Crippen molar-refractivity contribution in [3.63, 3.8) is 0 Å². The van der Waals surface area contributed by atoms with E-state index in [1.165, 1.54) is 0 Å². The molecule has 1 aromatic carbocycles. The Bertz CT molecular complexity index is 786. The number of amides is 2. The predicted molar refractivity (Wildman–Crippen MR) is 96.4 cm³/mol. The maximum atomic E-state index is 12.4. The van der Waals surface area contributed by atoms with Gasteiger partial charge in [0.2, 0.25) is 5.91 Å². The van der Waals surface area contributed by atoms with E-state index in [0.717, 1.165) is 5.52 Å². The number of rotatable bonds is 8. The molecule has 0 saturated heterocycles. The number of nitrogens with zero attached hydrogens (tertiary/aromatic N) is 1. The Hall–Kier alpha value is -2.90. The lowest BCUT2D eigenvalue weighted by atomic mass is 10.1. The molecular weight excluding hydrogens is 336 g/mol. The molecule has 1 heterocycles. The number of benzene rings is 1. The Morgan fingerprint density at radius 1 is 1.23 bits per heavy atom. The van der Waals surface area contributed by atoms with Gasteiger partial charge in [0.15, 0.2) is 5.69 Å². The first kappa shape index (κ1) is 19.4. The third-order valence-corrected chi connectivity index (χ3v) is 3.87. The first-order valence-corrected chi connectivity index (χ1v) is 8.59. The second-order valence-corrected chi connectivity index (χ2v) is 6.17. The number of fused-ring (bicyclic) bond motifs is 1. The minimum atomic E-state index is -0.729. The third-order valence-electron chi connectivity index (χ3n) is 3.87. The number of H-pyrrole nitrogens is 1. The molecule has 2 aromatic rings. The summed E-state index contributed by atoms with van der Waals surface area (Å²) in [7, 11) is 0. The molecular formula is C18H24N4O4. The normalized spacial score (nSPS) is 13.0. The van der Waals surface area contributed by atoms with Gasteiger partial charge in [-0.25, -0.2) is 0 Å². The number of hydrogen-bond donors (Lipinski definition) is 3. The van der Waals surface area contributed by atoms with E-state index in [9.17, 15) is 14.4 Å². The number of nitrogens with one attached hydrogen (secondary N) is 3. The number of hydrogen-bond acceptors (Lipinski definition) is 5. The van der Waals surface area contributed by atoms with Crippen LogP contribution in [0.25, 0.3) is 10.9 Å². The number of ether oxygens (including phenoxy) is 1. The van der Waals surface area contributed by atoms with Crippen molar-refractivity contribution >= 4 is 28.7 Å². The number of carbonyl (C=O) groups is 3. The fraction of sp³-hybridized carbons (Fsp3) is 0.444. The largest absolute Gasteiger partial charge is 0.466 e. The summed E-state index contributed by atoms with van der Waals surface area (Å²) in [6.07, 6.45) is 0.230. The van der Waals surface area contributed by atoms with Gasteiger partial charge < -0.3 is 15.4 Å². The van der Waals surface area contributed by atoms with Crippen LogP contribution >= 0.6 is 0 Å². The van der Waals surface area contributed by atoms with Gasteiger partial charge in [-0.15, -0.1) is 0 Å². The molecule has 0 radical (unpaired) electrons. The van der Waals surface area contributed by atoms with E-state index < -0.39 is 11.9 Å². The van der Waals surface area contributed by atoms with Crippen molar-refractivity contribution in [2.24, 2.45) is 5.92 Å². The van der Waals surface area contributed by atoms with E-state index in [1.807, 2.05) is 25.1 Å². The fourth-order valence-electron chi connectivity index (χ4n) is 2.47. The molecule has 0 fully saturated rings. The van der Waals surface area contributed by atoms with Gasteiger partial charge in [0, 0.05) is 18.4 Å². The molecule has 0 spiro atoms. The first-order valence-electron chi connectivity index (χ1n) is 8.59. The van der Waals surface area contributed by atoms with Crippen molar-refractivity contribution in [3.8, 4) is 0 Å². The molecule has 0 aliphatic heterocycles. The maximum Gasteiger partial charge on any atom is 0.306 e. The average Bonchev–Trinajstić information content (AvgIpc) is 3.03. The summed E-state index contributed by atoms with van der Waals surface area (Å²) in [5.74, 6) is -1.10. The molecule has 3 N–H and O–H groups in total. The first-order chi connectivity index (χ1) is 12.4. The fourth-order valence-corrected chi connectivity index (χ4v) is 2.47. The molecule has 1 aromatic heterocycles. The molecule has 2 rings (SSSR count). The van der Waals surface area contributed by atoms with Crippen LogP contribution in [0.3, 0.4) is 0 Å². The number of para-hydroxylation sites is 1. The topological polar surface area (TPSA) is 113 Å². The van der Waals surface area contributed by atoms with Crippen molar-refractivity contribution in [1.29, 1.82) is 0 Å². The number of esters is 1.